The van der Waals surface area contributed by atoms with Crippen LogP contribution in [-0.4, -0.2) is 73.8 Å². The third-order valence-corrected chi connectivity index (χ3v) is 5.74. The van der Waals surface area contributed by atoms with Gasteiger partial charge in [0.1, 0.15) is 37.0 Å². The molecule has 0 spiro atoms. The molecule has 0 radical (unpaired) electrons. The number of hydrogen-bond acceptors (Lipinski definition) is 9. The third kappa shape index (κ3) is 10.8. The molecule has 33 heavy (non-hydrogen) atoms. The summed E-state index contributed by atoms with van der Waals surface area (Å²) in [5.41, 5.74) is 7.60. The molecule has 0 aromatic carbocycles. The second-order valence-electron chi connectivity index (χ2n) is 7.25. The van der Waals surface area contributed by atoms with Gasteiger partial charge in [0.25, 0.3) is 0 Å². The maximum absolute atomic E-state index is 11.8. The van der Waals surface area contributed by atoms with Gasteiger partial charge in [0, 0.05) is 18.0 Å². The van der Waals surface area contributed by atoms with E-state index >= 15 is 0 Å². The molecule has 1 aromatic rings. The lowest BCUT2D eigenvalue weighted by Gasteiger charge is -2.22. The maximum Gasteiger partial charge on any atom is 0.341 e. The van der Waals surface area contributed by atoms with Crippen molar-refractivity contribution in [1.29, 1.82) is 5.26 Å². The number of carbonyl (C=O) groups is 3. The third-order valence-electron chi connectivity index (χ3n) is 4.70. The number of nitriles is 1. The molecule has 0 unspecified atom stereocenters. The highest BCUT2D eigenvalue weighted by molar-refractivity contribution is 7.59. The summed E-state index contributed by atoms with van der Waals surface area (Å²) in [5.74, 6) is -0.345. The summed E-state index contributed by atoms with van der Waals surface area (Å²) in [7, 11) is 2.07. The first-order chi connectivity index (χ1) is 15.2. The minimum atomic E-state index is -0.449. The second-order valence-corrected chi connectivity index (χ2v) is 8.38. The molecular weight excluding hydrogens is 464 g/mol. The Morgan fingerprint density at radius 1 is 1.21 bits per heavy atom. The van der Waals surface area contributed by atoms with Crippen LogP contribution < -0.4 is 5.73 Å². The molecule has 11 heteroatoms. The Balaban J connectivity index is 0.000000512. The molecule has 0 atom stereocenters. The molecule has 184 valence electrons. The molecule has 2 N–H and O–H groups in total. The van der Waals surface area contributed by atoms with Crippen molar-refractivity contribution in [2.75, 3.05) is 45.6 Å². The van der Waals surface area contributed by atoms with Crippen molar-refractivity contribution in [3.8, 4) is 6.07 Å². The standard InChI is InChI=1S/C11H16N2O2S.C6H10NO.C5H7NO2.H2S/c1-3-15-11(14)9-7-4-5-13(2)6-8(7)16-10(9)12;1-7-4-2-6(8)3-5-7;1-2-8-5(7)3-4-6;/h3-6,12H2,1-2H3;1-5H2;2-3H2,1H3;1H2/q;+1;;. The summed E-state index contributed by atoms with van der Waals surface area (Å²) in [6.45, 7) is 11.5. The van der Waals surface area contributed by atoms with E-state index in [1.807, 2.05) is 4.58 Å². The molecule has 0 bridgehead atoms. The Morgan fingerprint density at radius 2 is 1.82 bits per heavy atom. The van der Waals surface area contributed by atoms with Crippen LogP contribution in [0.15, 0.2) is 0 Å². The van der Waals surface area contributed by atoms with Gasteiger partial charge >= 0.3 is 11.9 Å². The fraction of sp³-hybridized carbons (Fsp3) is 0.591. The molecule has 1 aromatic heterocycles. The van der Waals surface area contributed by atoms with Crippen LogP contribution in [-0.2, 0) is 32.0 Å². The number of rotatable bonds is 4. The first-order valence-electron chi connectivity index (χ1n) is 10.6. The monoisotopic (exact) mass is 499 g/mol. The van der Waals surface area contributed by atoms with E-state index in [2.05, 4.69) is 23.4 Å². The van der Waals surface area contributed by atoms with E-state index in [-0.39, 0.29) is 25.9 Å². The molecule has 2 aliphatic heterocycles. The highest BCUT2D eigenvalue weighted by atomic mass is 32.1. The molecule has 0 amide bonds. The van der Waals surface area contributed by atoms with Gasteiger partial charge in [0.15, 0.2) is 0 Å². The Kier molecular flexibility index (Phi) is 15.0. The highest BCUT2D eigenvalue weighted by Gasteiger charge is 2.26. The van der Waals surface area contributed by atoms with Gasteiger partial charge in [-0.15, -0.1) is 11.3 Å². The Labute approximate surface area is 206 Å². The normalized spacial score (nSPS) is 14.7. The highest BCUT2D eigenvalue weighted by Crippen LogP contribution is 2.35. The topological polar surface area (TPSA) is 126 Å². The van der Waals surface area contributed by atoms with Crippen LogP contribution in [0.3, 0.4) is 0 Å². The molecular formula is C22H35N4O5S2+. The van der Waals surface area contributed by atoms with Crippen LogP contribution in [0, 0.1) is 11.3 Å². The summed E-state index contributed by atoms with van der Waals surface area (Å²) in [5, 5.41) is 8.51. The minimum Gasteiger partial charge on any atom is -0.465 e. The number of carbonyl (C=O) groups excluding carboxylic acids is 3. The average Bonchev–Trinajstić information content (AvgIpc) is 3.06. The number of nitrogens with zero attached hydrogens (tertiary/aromatic N) is 3. The lowest BCUT2D eigenvalue weighted by atomic mass is 10.0. The predicted octanol–water partition coefficient (Wildman–Crippen LogP) is 2.13. The maximum atomic E-state index is 11.8. The number of piperidine rings is 1. The first-order valence-corrected chi connectivity index (χ1v) is 11.4. The van der Waals surface area contributed by atoms with Gasteiger partial charge in [-0.2, -0.15) is 18.8 Å². The van der Waals surface area contributed by atoms with Crippen LogP contribution in [0.1, 0.15) is 53.9 Å². The lowest BCUT2D eigenvalue weighted by molar-refractivity contribution is -0.522. The van der Waals surface area contributed by atoms with Crippen molar-refractivity contribution in [1.82, 2.24) is 4.90 Å². The number of esters is 2. The largest absolute Gasteiger partial charge is 0.465 e. The smallest absolute Gasteiger partial charge is 0.341 e. The zero-order valence-electron chi connectivity index (χ0n) is 19.6. The van der Waals surface area contributed by atoms with Crippen molar-refractivity contribution in [2.45, 2.75) is 46.1 Å². The molecule has 0 saturated carbocycles. The number of ether oxygens (including phenoxy) is 2. The van der Waals surface area contributed by atoms with E-state index in [1.165, 1.54) is 16.2 Å². The molecule has 3 heterocycles. The van der Waals surface area contributed by atoms with Gasteiger partial charge in [0.2, 0.25) is 0 Å². The minimum absolute atomic E-state index is 0. The van der Waals surface area contributed by atoms with Gasteiger partial charge in [-0.25, -0.2) is 9.37 Å². The molecule has 1 fully saturated rings. The summed E-state index contributed by atoms with van der Waals surface area (Å²) >= 11 is 1.51. The zero-order valence-corrected chi connectivity index (χ0v) is 21.5. The van der Waals surface area contributed by atoms with Gasteiger partial charge < -0.3 is 20.1 Å². The number of nitrogen functional groups attached to an aromatic ring is 1. The van der Waals surface area contributed by atoms with Crippen LogP contribution in [0.2, 0.25) is 0 Å². The number of thiophene rings is 1. The van der Waals surface area contributed by atoms with Gasteiger partial charge in [-0.3, -0.25) is 9.59 Å². The predicted molar refractivity (Wildman–Crippen MR) is 133 cm³/mol. The first kappa shape index (κ1) is 30.6. The van der Waals surface area contributed by atoms with Crippen molar-refractivity contribution in [2.24, 2.45) is 0 Å². The van der Waals surface area contributed by atoms with Gasteiger partial charge in [-0.1, -0.05) is 0 Å². The Bertz CT molecular complexity index is 836. The van der Waals surface area contributed by atoms with Crippen molar-refractivity contribution in [3.63, 3.8) is 0 Å². The van der Waals surface area contributed by atoms with Gasteiger partial charge in [-0.05, 0) is 32.9 Å². The summed E-state index contributed by atoms with van der Waals surface area (Å²) in [4.78, 5) is 36.0. The van der Waals surface area contributed by atoms with Crippen molar-refractivity contribution >= 4 is 54.3 Å². The summed E-state index contributed by atoms with van der Waals surface area (Å²) < 4.78 is 11.4. The number of nitrogens with two attached hydrogens (primary N) is 1. The van der Waals surface area contributed by atoms with E-state index in [9.17, 15) is 14.4 Å². The van der Waals surface area contributed by atoms with E-state index in [4.69, 9.17) is 15.7 Å². The number of ketones is 1. The van der Waals surface area contributed by atoms with E-state index in [0.717, 1.165) is 38.2 Å². The zero-order chi connectivity index (χ0) is 24.1. The van der Waals surface area contributed by atoms with E-state index in [0.29, 0.717) is 42.4 Å². The van der Waals surface area contributed by atoms with Crippen molar-refractivity contribution < 1.29 is 28.4 Å². The molecule has 3 rings (SSSR count). The Morgan fingerprint density at radius 3 is 2.33 bits per heavy atom. The Hall–Kier alpha value is -2.42. The second kappa shape index (κ2) is 16.2. The quantitative estimate of drug-likeness (QED) is 0.493. The van der Waals surface area contributed by atoms with E-state index < -0.39 is 5.97 Å². The fourth-order valence-electron chi connectivity index (χ4n) is 3.06. The summed E-state index contributed by atoms with van der Waals surface area (Å²) in [6.07, 6.45) is 2.13. The molecule has 2 aliphatic rings. The van der Waals surface area contributed by atoms with Crippen LogP contribution in [0.5, 0.6) is 0 Å². The van der Waals surface area contributed by atoms with Crippen LogP contribution in [0.4, 0.5) is 5.00 Å². The number of hydrogen-bond donors (Lipinski definition) is 1. The molecule has 9 nitrogen and oxygen atoms in total. The lowest BCUT2D eigenvalue weighted by Crippen LogP contribution is -2.26. The number of anilines is 1. The fourth-order valence-corrected chi connectivity index (χ4v) is 4.24. The number of Topliss-reactive ketones (excluding diaryl/α,β-unsaturated/α-hetero) is 1. The SMILES string of the molecule is C=[N+]1CCC(=O)CC1.CCOC(=O)CC#N.CCOC(=O)c1c(N)sc2c1CCN(C)C2.S. The van der Waals surface area contributed by atoms with Crippen LogP contribution in [0.25, 0.3) is 0 Å². The van der Waals surface area contributed by atoms with Crippen molar-refractivity contribution in [3.05, 3.63) is 16.0 Å². The number of fused-ring (bicyclic) bond motifs is 1. The number of likely N-dealkylation sites (N-methyl/N-ethyl adjacent to an activating group) is 1. The average molecular weight is 500 g/mol. The van der Waals surface area contributed by atoms with Gasteiger partial charge in [0.05, 0.1) is 37.7 Å². The van der Waals surface area contributed by atoms with Crippen LogP contribution >= 0.6 is 24.8 Å². The van der Waals surface area contributed by atoms with E-state index in [1.54, 1.807) is 19.9 Å². The molecule has 1 saturated heterocycles. The summed E-state index contributed by atoms with van der Waals surface area (Å²) in [6, 6.07) is 1.68. The molecule has 0 aliphatic carbocycles.